The molecule has 172 valence electrons. The highest BCUT2D eigenvalue weighted by Crippen LogP contribution is 2.50. The van der Waals surface area contributed by atoms with Crippen LogP contribution in [-0.4, -0.2) is 10.9 Å². The first kappa shape index (κ1) is 25.4. The number of carbonyl (C=O) groups excluding carboxylic acids is 1. The van der Waals surface area contributed by atoms with E-state index < -0.39 is 0 Å². The smallest absolute Gasteiger partial charge is 0.189 e. The summed E-state index contributed by atoms with van der Waals surface area (Å²) in [6.07, 6.45) is 6.27. The molecule has 0 radical (unpaired) electrons. The summed E-state index contributed by atoms with van der Waals surface area (Å²) in [5, 5.41) is 11.5. The average molecular weight is 425 g/mol. The van der Waals surface area contributed by atoms with Crippen molar-refractivity contribution in [2.45, 2.75) is 90.0 Å². The lowest BCUT2D eigenvalue weighted by atomic mass is 9.64. The van der Waals surface area contributed by atoms with Crippen molar-refractivity contribution in [3.63, 3.8) is 0 Å². The second-order valence-electron chi connectivity index (χ2n) is 13.5. The zero-order valence-corrected chi connectivity index (χ0v) is 22.2. The maximum atomic E-state index is 13.9. The molecule has 0 aromatic carbocycles. The molecule has 2 rings (SSSR count). The SMILES string of the molecule is CC1=CC(C(C)(C)C)=C(O)C(C(C)(C)C)C1=C1C=C(C(C)(C)C)C=C(C(C)(C)C)C1=O. The van der Waals surface area contributed by atoms with E-state index in [1.54, 1.807) is 0 Å². The minimum absolute atomic E-state index is 0.0824. The Bertz CT molecular complexity index is 931. The van der Waals surface area contributed by atoms with Crippen LogP contribution in [0.3, 0.4) is 0 Å². The van der Waals surface area contributed by atoms with E-state index in [2.05, 4.69) is 108 Å². The van der Waals surface area contributed by atoms with Crippen LogP contribution in [0.5, 0.6) is 0 Å². The fourth-order valence-electron chi connectivity index (χ4n) is 4.52. The van der Waals surface area contributed by atoms with E-state index in [1.807, 2.05) is 0 Å². The molecule has 1 atom stereocenters. The van der Waals surface area contributed by atoms with Gasteiger partial charge in [0, 0.05) is 17.1 Å². The fraction of sp³-hybridized carbons (Fsp3) is 0.621. The number of hydrogen-bond donors (Lipinski definition) is 1. The molecule has 1 unspecified atom stereocenters. The van der Waals surface area contributed by atoms with Crippen LogP contribution in [-0.2, 0) is 4.79 Å². The van der Waals surface area contributed by atoms with Gasteiger partial charge in [0.05, 0.1) is 0 Å². The largest absolute Gasteiger partial charge is 0.511 e. The zero-order chi connectivity index (χ0) is 24.3. The average Bonchev–Trinajstić information content (AvgIpc) is 2.52. The van der Waals surface area contributed by atoms with Gasteiger partial charge in [-0.15, -0.1) is 0 Å². The first-order valence-electron chi connectivity index (χ1n) is 11.5. The molecule has 0 saturated heterocycles. The van der Waals surface area contributed by atoms with Crippen LogP contribution in [0.15, 0.2) is 57.4 Å². The van der Waals surface area contributed by atoms with Crippen LogP contribution in [0.1, 0.15) is 90.0 Å². The molecule has 0 amide bonds. The Hall–Kier alpha value is -1.83. The molecule has 2 nitrogen and oxygen atoms in total. The number of aliphatic hydroxyl groups excluding tert-OH is 1. The van der Waals surface area contributed by atoms with E-state index in [0.717, 1.165) is 33.4 Å². The highest BCUT2D eigenvalue weighted by atomic mass is 16.3. The molecule has 0 saturated carbocycles. The predicted octanol–water partition coefficient (Wildman–Crippen LogP) is 8.29. The van der Waals surface area contributed by atoms with E-state index in [-0.39, 0.29) is 33.4 Å². The van der Waals surface area contributed by atoms with Gasteiger partial charge >= 0.3 is 0 Å². The lowest BCUT2D eigenvalue weighted by Crippen LogP contribution is -2.33. The van der Waals surface area contributed by atoms with Crippen molar-refractivity contribution in [1.82, 2.24) is 0 Å². The molecule has 2 heteroatoms. The van der Waals surface area contributed by atoms with E-state index in [4.69, 9.17) is 0 Å². The van der Waals surface area contributed by atoms with Crippen molar-refractivity contribution in [3.05, 3.63) is 57.4 Å². The summed E-state index contributed by atoms with van der Waals surface area (Å²) >= 11 is 0. The van der Waals surface area contributed by atoms with Crippen LogP contribution in [0.4, 0.5) is 0 Å². The Labute approximate surface area is 190 Å². The Morgan fingerprint density at radius 3 is 1.65 bits per heavy atom. The maximum absolute atomic E-state index is 13.9. The highest BCUT2D eigenvalue weighted by Gasteiger charge is 2.42. The van der Waals surface area contributed by atoms with E-state index in [0.29, 0.717) is 5.76 Å². The van der Waals surface area contributed by atoms with Crippen molar-refractivity contribution in [1.29, 1.82) is 0 Å². The van der Waals surface area contributed by atoms with Gasteiger partial charge in [0.2, 0.25) is 0 Å². The van der Waals surface area contributed by atoms with Gasteiger partial charge in [0.25, 0.3) is 0 Å². The summed E-state index contributed by atoms with van der Waals surface area (Å²) < 4.78 is 0. The van der Waals surface area contributed by atoms with Crippen LogP contribution < -0.4 is 0 Å². The lowest BCUT2D eigenvalue weighted by Gasteiger charge is -2.41. The Morgan fingerprint density at radius 1 is 0.742 bits per heavy atom. The van der Waals surface area contributed by atoms with Gasteiger partial charge < -0.3 is 5.11 Å². The number of carbonyl (C=O) groups is 1. The number of hydrogen-bond acceptors (Lipinski definition) is 2. The van der Waals surface area contributed by atoms with E-state index in [9.17, 15) is 9.90 Å². The third kappa shape index (κ3) is 4.99. The fourth-order valence-corrected chi connectivity index (χ4v) is 4.52. The summed E-state index contributed by atoms with van der Waals surface area (Å²) in [7, 11) is 0. The normalized spacial score (nSPS) is 24.2. The molecular weight excluding hydrogens is 380 g/mol. The Kier molecular flexibility index (Phi) is 6.27. The minimum Gasteiger partial charge on any atom is -0.511 e. The van der Waals surface area contributed by atoms with Gasteiger partial charge in [-0.2, -0.15) is 0 Å². The quantitative estimate of drug-likeness (QED) is 0.397. The van der Waals surface area contributed by atoms with Gasteiger partial charge in [-0.05, 0) is 57.0 Å². The number of rotatable bonds is 0. The number of ketones is 1. The van der Waals surface area contributed by atoms with Crippen LogP contribution in [0.25, 0.3) is 0 Å². The molecule has 0 aromatic rings. The predicted molar refractivity (Wildman–Crippen MR) is 133 cm³/mol. The van der Waals surface area contributed by atoms with E-state index in [1.165, 1.54) is 0 Å². The van der Waals surface area contributed by atoms with Gasteiger partial charge in [-0.3, -0.25) is 4.79 Å². The maximum Gasteiger partial charge on any atom is 0.189 e. The molecule has 0 aliphatic heterocycles. The Morgan fingerprint density at radius 2 is 1.26 bits per heavy atom. The van der Waals surface area contributed by atoms with Gasteiger partial charge in [0.15, 0.2) is 5.78 Å². The molecule has 31 heavy (non-hydrogen) atoms. The third-order valence-corrected chi connectivity index (χ3v) is 6.35. The summed E-state index contributed by atoms with van der Waals surface area (Å²) in [6, 6.07) is 0. The van der Waals surface area contributed by atoms with Crippen molar-refractivity contribution < 1.29 is 9.90 Å². The van der Waals surface area contributed by atoms with Gasteiger partial charge in [0.1, 0.15) is 5.76 Å². The second-order valence-corrected chi connectivity index (χ2v) is 13.5. The standard InChI is InChI=1S/C29H44O2/c1-17-14-20(27(5,6)7)25(31)23(29(11,12)13)22(17)19-15-18(26(2,3)4)16-21(24(19)30)28(8,9)10/h14-16,23,31H,1-13H3. The van der Waals surface area contributed by atoms with Gasteiger partial charge in [-0.1, -0.05) is 95.2 Å². The van der Waals surface area contributed by atoms with E-state index >= 15 is 0 Å². The molecule has 2 aliphatic carbocycles. The summed E-state index contributed by atoms with van der Waals surface area (Å²) in [5.41, 5.74) is 4.99. The summed E-state index contributed by atoms with van der Waals surface area (Å²) in [6.45, 7) is 27.8. The molecule has 0 bridgehead atoms. The van der Waals surface area contributed by atoms with Crippen molar-refractivity contribution in [2.75, 3.05) is 0 Å². The van der Waals surface area contributed by atoms with Gasteiger partial charge in [-0.25, -0.2) is 0 Å². The summed E-state index contributed by atoms with van der Waals surface area (Å²) in [5.74, 6) is 0.255. The molecule has 0 heterocycles. The topological polar surface area (TPSA) is 37.3 Å². The van der Waals surface area contributed by atoms with Crippen molar-refractivity contribution in [2.24, 2.45) is 27.6 Å². The second kappa shape index (κ2) is 7.64. The molecule has 0 aromatic heterocycles. The third-order valence-electron chi connectivity index (χ3n) is 6.35. The highest BCUT2D eigenvalue weighted by molar-refractivity contribution is 6.13. The Balaban J connectivity index is 2.95. The monoisotopic (exact) mass is 424 g/mol. The van der Waals surface area contributed by atoms with Crippen molar-refractivity contribution >= 4 is 5.78 Å². The molecule has 0 fully saturated rings. The van der Waals surface area contributed by atoms with Crippen LogP contribution in [0.2, 0.25) is 0 Å². The number of allylic oxidation sites excluding steroid dienone is 9. The van der Waals surface area contributed by atoms with Crippen LogP contribution in [0, 0.1) is 27.6 Å². The molecule has 1 N–H and O–H groups in total. The minimum atomic E-state index is -0.258. The number of aliphatic hydroxyl groups is 1. The lowest BCUT2D eigenvalue weighted by molar-refractivity contribution is -0.113. The van der Waals surface area contributed by atoms with Crippen molar-refractivity contribution in [3.8, 4) is 0 Å². The van der Waals surface area contributed by atoms with Crippen LogP contribution >= 0.6 is 0 Å². The molecule has 0 spiro atoms. The number of Topliss-reactive ketones (excluding diaryl/α,β-unsaturated/α-hetero) is 1. The molecule has 2 aliphatic rings. The first-order chi connectivity index (χ1) is 13.7. The molecular formula is C29H44O2. The zero-order valence-electron chi connectivity index (χ0n) is 22.2. The summed E-state index contributed by atoms with van der Waals surface area (Å²) in [4.78, 5) is 13.9. The first-order valence-corrected chi connectivity index (χ1v) is 11.5.